The number of aliphatic carboxylic acids is 1. The van der Waals surface area contributed by atoms with Crippen LogP contribution in [0.25, 0.3) is 0 Å². The zero-order valence-electron chi connectivity index (χ0n) is 11.7. The lowest BCUT2D eigenvalue weighted by Crippen LogP contribution is -2.48. The summed E-state index contributed by atoms with van der Waals surface area (Å²) in [5.41, 5.74) is 0.679. The number of aliphatic hydroxyl groups excluding tert-OH is 1. The second-order valence-electron chi connectivity index (χ2n) is 4.30. The smallest absolute Gasteiger partial charge is 0.324 e. The largest absolute Gasteiger partial charge is 0.497 e. The van der Waals surface area contributed by atoms with Crippen molar-refractivity contribution >= 4 is 16.2 Å². The molecule has 1 aromatic rings. The maximum Gasteiger partial charge on any atom is 0.324 e. The van der Waals surface area contributed by atoms with Crippen LogP contribution in [0.1, 0.15) is 5.56 Å². The molecule has 21 heavy (non-hydrogen) atoms. The van der Waals surface area contributed by atoms with Crippen molar-refractivity contribution in [3.63, 3.8) is 0 Å². The highest BCUT2D eigenvalue weighted by Crippen LogP contribution is 2.14. The average Bonchev–Trinajstić information content (AvgIpc) is 2.44. The average molecular weight is 318 g/mol. The number of carboxylic acid groups (broad SMARTS) is 1. The molecule has 0 aromatic heterocycles. The van der Waals surface area contributed by atoms with Gasteiger partial charge >= 0.3 is 5.97 Å². The molecule has 0 spiro atoms. The molecule has 0 aliphatic rings. The molecule has 0 aliphatic carbocycles. The summed E-state index contributed by atoms with van der Waals surface area (Å²) < 4.78 is 31.8. The fraction of sp³-hybridized carbons (Fsp3) is 0.417. The van der Waals surface area contributed by atoms with Crippen LogP contribution in [0.4, 0.5) is 0 Å². The third-order valence-electron chi connectivity index (χ3n) is 2.72. The number of rotatable bonds is 8. The SMILES string of the molecule is COc1cccc(CN(C)S(=O)(=O)NC(CO)C(=O)O)c1. The van der Waals surface area contributed by atoms with Crippen molar-refractivity contribution in [1.29, 1.82) is 0 Å². The lowest BCUT2D eigenvalue weighted by molar-refractivity contribution is -0.139. The van der Waals surface area contributed by atoms with Crippen LogP contribution >= 0.6 is 0 Å². The van der Waals surface area contributed by atoms with Gasteiger partial charge in [-0.2, -0.15) is 17.4 Å². The molecular weight excluding hydrogens is 300 g/mol. The molecule has 0 bridgehead atoms. The molecule has 0 saturated heterocycles. The van der Waals surface area contributed by atoms with Gasteiger partial charge in [0.15, 0.2) is 0 Å². The fourth-order valence-corrected chi connectivity index (χ4v) is 2.58. The van der Waals surface area contributed by atoms with Gasteiger partial charge in [-0.3, -0.25) is 4.79 Å². The first-order valence-corrected chi connectivity index (χ1v) is 7.44. The number of methoxy groups -OCH3 is 1. The van der Waals surface area contributed by atoms with E-state index in [1.54, 1.807) is 24.3 Å². The Morgan fingerprint density at radius 1 is 1.48 bits per heavy atom. The van der Waals surface area contributed by atoms with E-state index in [0.29, 0.717) is 11.3 Å². The lowest BCUT2D eigenvalue weighted by atomic mass is 10.2. The Kier molecular flexibility index (Phi) is 6.09. The van der Waals surface area contributed by atoms with Gasteiger partial charge in [0.05, 0.1) is 13.7 Å². The van der Waals surface area contributed by atoms with Gasteiger partial charge in [0.25, 0.3) is 10.2 Å². The molecule has 0 heterocycles. The van der Waals surface area contributed by atoms with Gasteiger partial charge in [-0.1, -0.05) is 12.1 Å². The van der Waals surface area contributed by atoms with E-state index in [1.165, 1.54) is 14.2 Å². The first-order valence-electron chi connectivity index (χ1n) is 6.00. The van der Waals surface area contributed by atoms with Crippen LogP contribution in [0, 0.1) is 0 Å². The molecule has 0 radical (unpaired) electrons. The van der Waals surface area contributed by atoms with E-state index in [4.69, 9.17) is 14.9 Å². The number of hydrogen-bond donors (Lipinski definition) is 3. The van der Waals surface area contributed by atoms with Gasteiger partial charge in [0, 0.05) is 13.6 Å². The monoisotopic (exact) mass is 318 g/mol. The Labute approximate surface area is 123 Å². The number of hydrogen-bond acceptors (Lipinski definition) is 5. The quantitative estimate of drug-likeness (QED) is 0.590. The Bertz CT molecular complexity index is 589. The van der Waals surface area contributed by atoms with Crippen LogP contribution in [0.3, 0.4) is 0 Å². The van der Waals surface area contributed by atoms with E-state index in [9.17, 15) is 13.2 Å². The van der Waals surface area contributed by atoms with Gasteiger partial charge in [-0.05, 0) is 17.7 Å². The minimum absolute atomic E-state index is 0.0320. The zero-order chi connectivity index (χ0) is 16.0. The third kappa shape index (κ3) is 4.97. The number of nitrogens with zero attached hydrogens (tertiary/aromatic N) is 1. The topological polar surface area (TPSA) is 116 Å². The van der Waals surface area contributed by atoms with Crippen LogP contribution in [-0.2, 0) is 21.5 Å². The van der Waals surface area contributed by atoms with Crippen LogP contribution in [0.15, 0.2) is 24.3 Å². The predicted molar refractivity (Wildman–Crippen MR) is 75.0 cm³/mol. The van der Waals surface area contributed by atoms with E-state index in [0.717, 1.165) is 4.31 Å². The highest BCUT2D eigenvalue weighted by molar-refractivity contribution is 7.87. The standard InChI is InChI=1S/C12H18N2O6S/c1-14(7-9-4-3-5-10(6-9)20-2)21(18,19)13-11(8-15)12(16)17/h3-6,11,13,15H,7-8H2,1-2H3,(H,16,17). The lowest BCUT2D eigenvalue weighted by Gasteiger charge is -2.20. The van der Waals surface area contributed by atoms with E-state index in [1.807, 2.05) is 4.72 Å². The molecule has 0 aliphatic heterocycles. The Morgan fingerprint density at radius 3 is 2.67 bits per heavy atom. The minimum atomic E-state index is -4.03. The van der Waals surface area contributed by atoms with E-state index in [2.05, 4.69) is 0 Å². The van der Waals surface area contributed by atoms with Gasteiger partial charge < -0.3 is 14.9 Å². The normalized spacial score (nSPS) is 13.1. The van der Waals surface area contributed by atoms with Crippen molar-refractivity contribution in [2.24, 2.45) is 0 Å². The van der Waals surface area contributed by atoms with Gasteiger partial charge in [0.1, 0.15) is 11.8 Å². The number of carboxylic acids is 1. The van der Waals surface area contributed by atoms with Crippen LogP contribution < -0.4 is 9.46 Å². The Hall–Kier alpha value is -1.68. The van der Waals surface area contributed by atoms with Crippen LogP contribution in [0.2, 0.25) is 0 Å². The maximum absolute atomic E-state index is 12.0. The number of carbonyl (C=O) groups is 1. The van der Waals surface area contributed by atoms with Crippen molar-refractivity contribution in [2.45, 2.75) is 12.6 Å². The third-order valence-corrected chi connectivity index (χ3v) is 4.25. The predicted octanol–water partition coefficient (Wildman–Crippen LogP) is -0.593. The molecule has 0 amide bonds. The molecule has 1 atom stereocenters. The number of aliphatic hydroxyl groups is 1. The fourth-order valence-electron chi connectivity index (χ4n) is 1.55. The molecule has 1 rings (SSSR count). The molecule has 1 unspecified atom stereocenters. The second-order valence-corrected chi connectivity index (χ2v) is 6.11. The summed E-state index contributed by atoms with van der Waals surface area (Å²) in [6.07, 6.45) is 0. The summed E-state index contributed by atoms with van der Waals surface area (Å²) in [4.78, 5) is 10.8. The Morgan fingerprint density at radius 2 is 2.14 bits per heavy atom. The summed E-state index contributed by atoms with van der Waals surface area (Å²) >= 11 is 0. The summed E-state index contributed by atoms with van der Waals surface area (Å²) in [5, 5.41) is 17.6. The van der Waals surface area contributed by atoms with Crippen LogP contribution in [-0.4, -0.2) is 55.7 Å². The summed E-state index contributed by atoms with van der Waals surface area (Å²) in [6, 6.07) is 5.25. The molecule has 0 saturated carbocycles. The van der Waals surface area contributed by atoms with Crippen molar-refractivity contribution in [1.82, 2.24) is 9.03 Å². The second kappa shape index (κ2) is 7.36. The zero-order valence-corrected chi connectivity index (χ0v) is 12.5. The summed E-state index contributed by atoms with van der Waals surface area (Å²) in [6.45, 7) is -0.800. The molecular formula is C12H18N2O6S. The van der Waals surface area contributed by atoms with Gasteiger partial charge in [-0.25, -0.2) is 0 Å². The van der Waals surface area contributed by atoms with Crippen LogP contribution in [0.5, 0.6) is 5.75 Å². The van der Waals surface area contributed by atoms with E-state index >= 15 is 0 Å². The molecule has 118 valence electrons. The number of ether oxygens (including phenoxy) is 1. The minimum Gasteiger partial charge on any atom is -0.497 e. The number of nitrogens with one attached hydrogen (secondary N) is 1. The molecule has 1 aromatic carbocycles. The van der Waals surface area contributed by atoms with Gasteiger partial charge in [0.2, 0.25) is 0 Å². The van der Waals surface area contributed by atoms with Crippen molar-refractivity contribution in [2.75, 3.05) is 20.8 Å². The summed E-state index contributed by atoms with van der Waals surface area (Å²) in [5.74, 6) is -0.860. The first-order chi connectivity index (χ1) is 9.80. The van der Waals surface area contributed by atoms with Crippen molar-refractivity contribution < 1.29 is 28.2 Å². The van der Waals surface area contributed by atoms with E-state index < -0.39 is 28.8 Å². The maximum atomic E-state index is 12.0. The van der Waals surface area contributed by atoms with Crippen molar-refractivity contribution in [3.8, 4) is 5.75 Å². The number of benzene rings is 1. The molecule has 9 heteroatoms. The Balaban J connectivity index is 2.81. The molecule has 3 N–H and O–H groups in total. The van der Waals surface area contributed by atoms with Crippen molar-refractivity contribution in [3.05, 3.63) is 29.8 Å². The molecule has 8 nitrogen and oxygen atoms in total. The highest BCUT2D eigenvalue weighted by Gasteiger charge is 2.26. The summed E-state index contributed by atoms with van der Waals surface area (Å²) in [7, 11) is -1.23. The van der Waals surface area contributed by atoms with E-state index in [-0.39, 0.29) is 6.54 Å². The molecule has 0 fully saturated rings. The first kappa shape index (κ1) is 17.4. The highest BCUT2D eigenvalue weighted by atomic mass is 32.2. The van der Waals surface area contributed by atoms with Gasteiger partial charge in [-0.15, -0.1) is 0 Å².